The molecule has 8 heteroatoms. The average Bonchev–Trinajstić information content (AvgIpc) is 2.97. The normalized spacial score (nSPS) is 14.5. The molecule has 2 rings (SSSR count). The van der Waals surface area contributed by atoms with E-state index in [9.17, 15) is 4.79 Å². The van der Waals surface area contributed by atoms with Gasteiger partial charge in [0.2, 0.25) is 5.91 Å². The van der Waals surface area contributed by atoms with Crippen LogP contribution in [0.2, 0.25) is 0 Å². The molecule has 7 nitrogen and oxygen atoms in total. The van der Waals surface area contributed by atoms with Gasteiger partial charge in [0.25, 0.3) is 0 Å². The second kappa shape index (κ2) is 17.0. The number of hydrogen-bond donors (Lipinski definition) is 2. The Hall–Kier alpha value is -1.55. The number of nitrogens with zero attached hydrogens (tertiary/aromatic N) is 2. The van der Waals surface area contributed by atoms with Gasteiger partial charge in [-0.2, -0.15) is 0 Å². The van der Waals surface area contributed by atoms with Crippen molar-refractivity contribution in [2.45, 2.75) is 58.9 Å². The summed E-state index contributed by atoms with van der Waals surface area (Å²) in [5.41, 5.74) is 2.23. The van der Waals surface area contributed by atoms with Crippen LogP contribution in [0.4, 0.5) is 0 Å². The monoisotopic (exact) mass is 560 g/mol. The standard InChI is InChI=1S/C24H40N4O3.HI/c1-4-25-24(26-13-8-15-28-14-7-5-6-10-23(28)29)27-19-21-12-11-20(2)18-22(21)31-17-9-16-30-3;/h11-12,18H,4-10,13-17,19H2,1-3H3,(H2,25,26,27);1H. The molecule has 1 amide bonds. The minimum absolute atomic E-state index is 0. The second-order valence-electron chi connectivity index (χ2n) is 7.97. The maximum absolute atomic E-state index is 12.1. The summed E-state index contributed by atoms with van der Waals surface area (Å²) < 4.78 is 11.1. The number of halogens is 1. The van der Waals surface area contributed by atoms with Crippen molar-refractivity contribution < 1.29 is 14.3 Å². The molecule has 182 valence electrons. The van der Waals surface area contributed by atoms with Crippen LogP contribution in [-0.4, -0.2) is 63.3 Å². The maximum atomic E-state index is 12.1. The van der Waals surface area contributed by atoms with Crippen molar-refractivity contribution in [3.63, 3.8) is 0 Å². The molecule has 1 saturated heterocycles. The lowest BCUT2D eigenvalue weighted by molar-refractivity contribution is -0.130. The van der Waals surface area contributed by atoms with E-state index >= 15 is 0 Å². The van der Waals surface area contributed by atoms with Crippen molar-refractivity contribution in [1.82, 2.24) is 15.5 Å². The second-order valence-corrected chi connectivity index (χ2v) is 7.97. The van der Waals surface area contributed by atoms with Gasteiger partial charge in [0, 0.05) is 58.3 Å². The zero-order valence-electron chi connectivity index (χ0n) is 20.0. The maximum Gasteiger partial charge on any atom is 0.222 e. The first kappa shape index (κ1) is 28.5. The zero-order valence-corrected chi connectivity index (χ0v) is 22.3. The molecule has 1 heterocycles. The van der Waals surface area contributed by atoms with Gasteiger partial charge in [-0.1, -0.05) is 18.6 Å². The first-order chi connectivity index (χ1) is 15.1. The van der Waals surface area contributed by atoms with Gasteiger partial charge in [0.1, 0.15) is 5.75 Å². The van der Waals surface area contributed by atoms with Crippen LogP contribution >= 0.6 is 24.0 Å². The predicted octanol–water partition coefficient (Wildman–Crippen LogP) is 3.88. The third-order valence-electron chi connectivity index (χ3n) is 5.29. The van der Waals surface area contributed by atoms with Crippen molar-refractivity contribution in [3.8, 4) is 5.75 Å². The van der Waals surface area contributed by atoms with E-state index in [-0.39, 0.29) is 24.0 Å². The number of benzene rings is 1. The lowest BCUT2D eigenvalue weighted by atomic mass is 10.1. The Morgan fingerprint density at radius 1 is 1.16 bits per heavy atom. The third-order valence-corrected chi connectivity index (χ3v) is 5.29. The van der Waals surface area contributed by atoms with Crippen molar-refractivity contribution in [2.75, 3.05) is 46.5 Å². The number of aryl methyl sites for hydroxylation is 1. The van der Waals surface area contributed by atoms with E-state index in [1.54, 1.807) is 7.11 Å². The number of rotatable bonds is 12. The molecular formula is C24H41IN4O3. The minimum atomic E-state index is 0. The van der Waals surface area contributed by atoms with Gasteiger partial charge >= 0.3 is 0 Å². The molecule has 1 aromatic carbocycles. The molecule has 32 heavy (non-hydrogen) atoms. The number of carbonyl (C=O) groups is 1. The molecule has 0 unspecified atom stereocenters. The number of hydrogen-bond acceptors (Lipinski definition) is 4. The number of methoxy groups -OCH3 is 1. The molecule has 0 spiro atoms. The minimum Gasteiger partial charge on any atom is -0.493 e. The van der Waals surface area contributed by atoms with E-state index in [4.69, 9.17) is 14.5 Å². The molecule has 0 aromatic heterocycles. The van der Waals surface area contributed by atoms with E-state index in [0.717, 1.165) is 75.6 Å². The Bertz CT molecular complexity index is 700. The molecule has 1 fully saturated rings. The first-order valence-electron chi connectivity index (χ1n) is 11.6. The lowest BCUT2D eigenvalue weighted by Gasteiger charge is -2.20. The van der Waals surface area contributed by atoms with Crippen LogP contribution < -0.4 is 15.4 Å². The zero-order chi connectivity index (χ0) is 22.3. The number of likely N-dealkylation sites (tertiary alicyclic amines) is 1. The summed E-state index contributed by atoms with van der Waals surface area (Å²) in [7, 11) is 1.70. The highest BCUT2D eigenvalue weighted by atomic mass is 127. The fraction of sp³-hybridized carbons (Fsp3) is 0.667. The number of nitrogens with one attached hydrogen (secondary N) is 2. The molecule has 0 radical (unpaired) electrons. The number of ether oxygens (including phenoxy) is 2. The van der Waals surface area contributed by atoms with Gasteiger partial charge < -0.3 is 25.0 Å². The number of amides is 1. The molecule has 0 aliphatic carbocycles. The van der Waals surface area contributed by atoms with Crippen molar-refractivity contribution in [2.24, 2.45) is 4.99 Å². The molecule has 1 aliphatic rings. The van der Waals surface area contributed by atoms with Crippen LogP contribution in [0.25, 0.3) is 0 Å². The third kappa shape index (κ3) is 10.8. The lowest BCUT2D eigenvalue weighted by Crippen LogP contribution is -2.39. The highest BCUT2D eigenvalue weighted by molar-refractivity contribution is 14.0. The largest absolute Gasteiger partial charge is 0.493 e. The Morgan fingerprint density at radius 2 is 2.00 bits per heavy atom. The smallest absolute Gasteiger partial charge is 0.222 e. The van der Waals surface area contributed by atoms with Crippen LogP contribution in [0.5, 0.6) is 5.75 Å². The van der Waals surface area contributed by atoms with E-state index in [1.807, 2.05) is 4.90 Å². The molecule has 1 aromatic rings. The van der Waals surface area contributed by atoms with Crippen LogP contribution in [0, 0.1) is 6.92 Å². The Morgan fingerprint density at radius 3 is 2.78 bits per heavy atom. The van der Waals surface area contributed by atoms with Crippen LogP contribution in [0.15, 0.2) is 23.2 Å². The van der Waals surface area contributed by atoms with Gasteiger partial charge in [0.15, 0.2) is 5.96 Å². The fourth-order valence-corrected chi connectivity index (χ4v) is 3.57. The van der Waals surface area contributed by atoms with Crippen LogP contribution in [-0.2, 0) is 16.1 Å². The molecule has 0 bridgehead atoms. The highest BCUT2D eigenvalue weighted by Gasteiger charge is 2.15. The van der Waals surface area contributed by atoms with Gasteiger partial charge in [-0.3, -0.25) is 4.79 Å². The summed E-state index contributed by atoms with van der Waals surface area (Å²) in [6, 6.07) is 6.24. The number of aliphatic imine (C=N–C) groups is 1. The van der Waals surface area contributed by atoms with Gasteiger partial charge in [-0.25, -0.2) is 4.99 Å². The van der Waals surface area contributed by atoms with E-state index < -0.39 is 0 Å². The topological polar surface area (TPSA) is 75.2 Å². The number of guanidine groups is 1. The summed E-state index contributed by atoms with van der Waals surface area (Å²) >= 11 is 0. The number of carbonyl (C=O) groups excluding carboxylic acids is 1. The summed E-state index contributed by atoms with van der Waals surface area (Å²) in [4.78, 5) is 18.9. The first-order valence-corrected chi connectivity index (χ1v) is 11.6. The van der Waals surface area contributed by atoms with Crippen molar-refractivity contribution >= 4 is 35.8 Å². The van der Waals surface area contributed by atoms with E-state index in [1.165, 1.54) is 5.56 Å². The highest BCUT2D eigenvalue weighted by Crippen LogP contribution is 2.21. The van der Waals surface area contributed by atoms with Gasteiger partial charge in [-0.05, 0) is 44.7 Å². The average molecular weight is 561 g/mol. The Kier molecular flexibility index (Phi) is 15.1. The molecule has 1 aliphatic heterocycles. The molecule has 0 atom stereocenters. The van der Waals surface area contributed by atoms with Crippen LogP contribution in [0.3, 0.4) is 0 Å². The van der Waals surface area contributed by atoms with Gasteiger partial charge in [-0.15, -0.1) is 24.0 Å². The molecule has 2 N–H and O–H groups in total. The summed E-state index contributed by atoms with van der Waals surface area (Å²) in [6.45, 7) is 9.27. The summed E-state index contributed by atoms with van der Waals surface area (Å²) in [6.07, 6.45) is 5.78. The van der Waals surface area contributed by atoms with Gasteiger partial charge in [0.05, 0.1) is 13.2 Å². The van der Waals surface area contributed by atoms with Crippen LogP contribution in [0.1, 0.15) is 56.6 Å². The van der Waals surface area contributed by atoms with Crippen molar-refractivity contribution in [3.05, 3.63) is 29.3 Å². The Labute approximate surface area is 210 Å². The summed E-state index contributed by atoms with van der Waals surface area (Å²) in [5, 5.41) is 6.70. The predicted molar refractivity (Wildman–Crippen MR) is 141 cm³/mol. The SMILES string of the molecule is CCNC(=NCc1ccc(C)cc1OCCCOC)NCCCN1CCCCCC1=O.I. The summed E-state index contributed by atoms with van der Waals surface area (Å²) in [5.74, 6) is 1.97. The quantitative estimate of drug-likeness (QED) is 0.176. The Balaban J connectivity index is 0.00000512. The molecule has 0 saturated carbocycles. The van der Waals surface area contributed by atoms with E-state index in [0.29, 0.717) is 32.1 Å². The fourth-order valence-electron chi connectivity index (χ4n) is 3.57. The van der Waals surface area contributed by atoms with E-state index in [2.05, 4.69) is 42.7 Å². The molecular weight excluding hydrogens is 519 g/mol. The van der Waals surface area contributed by atoms with Crippen molar-refractivity contribution in [1.29, 1.82) is 0 Å².